The Balaban J connectivity index is 1.73. The quantitative estimate of drug-likeness (QED) is 0.732. The van der Waals surface area contributed by atoms with Gasteiger partial charge in [-0.1, -0.05) is 0 Å². The van der Waals surface area contributed by atoms with Gasteiger partial charge in [0.1, 0.15) is 6.10 Å². The minimum absolute atomic E-state index is 0.00983. The Labute approximate surface area is 152 Å². The van der Waals surface area contributed by atoms with Crippen molar-refractivity contribution in [3.8, 4) is 6.01 Å². The molecule has 1 saturated heterocycles. The first kappa shape index (κ1) is 19.5. The molecule has 1 aromatic heterocycles. The zero-order valence-electron chi connectivity index (χ0n) is 13.9. The number of halogens is 4. The van der Waals surface area contributed by atoms with Crippen LogP contribution in [0.1, 0.15) is 18.4 Å². The Bertz CT molecular complexity index is 887. The number of nitrogens with zero attached hydrogens (tertiary/aromatic N) is 3. The summed E-state index contributed by atoms with van der Waals surface area (Å²) >= 11 is 0. The van der Waals surface area contributed by atoms with Crippen LogP contribution >= 0.6 is 0 Å². The van der Waals surface area contributed by atoms with Gasteiger partial charge in [0.25, 0.3) is 0 Å². The van der Waals surface area contributed by atoms with Crippen LogP contribution in [0.3, 0.4) is 0 Å². The lowest BCUT2D eigenvalue weighted by molar-refractivity contribution is -0.137. The van der Waals surface area contributed by atoms with Crippen molar-refractivity contribution in [2.24, 2.45) is 0 Å². The van der Waals surface area contributed by atoms with E-state index in [2.05, 4.69) is 9.97 Å². The number of piperidine rings is 1. The van der Waals surface area contributed by atoms with Crippen LogP contribution in [0.5, 0.6) is 6.01 Å². The molecular formula is C16H15F4N3O3S. The van der Waals surface area contributed by atoms with E-state index in [1.807, 2.05) is 0 Å². The molecule has 1 atom stereocenters. The maximum atomic E-state index is 12.8. The molecule has 0 saturated carbocycles. The molecule has 6 nitrogen and oxygen atoms in total. The molecule has 1 aliphatic heterocycles. The van der Waals surface area contributed by atoms with Gasteiger partial charge >= 0.3 is 12.2 Å². The molecule has 0 amide bonds. The highest BCUT2D eigenvalue weighted by Gasteiger charge is 2.34. The summed E-state index contributed by atoms with van der Waals surface area (Å²) in [5, 5.41) is 0. The fourth-order valence-corrected chi connectivity index (χ4v) is 4.20. The second kappa shape index (κ2) is 7.39. The Hall–Kier alpha value is -2.27. The summed E-state index contributed by atoms with van der Waals surface area (Å²) in [5.74, 6) is -0.627. The third-order valence-corrected chi connectivity index (χ3v) is 5.91. The zero-order valence-corrected chi connectivity index (χ0v) is 14.7. The van der Waals surface area contributed by atoms with Crippen LogP contribution in [0.15, 0.2) is 41.6 Å². The van der Waals surface area contributed by atoms with Crippen molar-refractivity contribution < 1.29 is 30.7 Å². The zero-order chi connectivity index (χ0) is 19.7. The maximum absolute atomic E-state index is 12.8. The minimum Gasteiger partial charge on any atom is -0.459 e. The van der Waals surface area contributed by atoms with E-state index in [0.29, 0.717) is 12.8 Å². The molecule has 0 spiro atoms. The molecule has 0 radical (unpaired) electrons. The van der Waals surface area contributed by atoms with E-state index in [-0.39, 0.29) is 24.0 Å². The average Bonchev–Trinajstić information content (AvgIpc) is 2.63. The minimum atomic E-state index is -4.54. The van der Waals surface area contributed by atoms with Crippen molar-refractivity contribution in [1.82, 2.24) is 14.3 Å². The van der Waals surface area contributed by atoms with Crippen LogP contribution in [0.4, 0.5) is 17.6 Å². The van der Waals surface area contributed by atoms with Gasteiger partial charge in [0.15, 0.2) is 5.82 Å². The molecule has 0 bridgehead atoms. The molecule has 146 valence electrons. The van der Waals surface area contributed by atoms with Gasteiger partial charge in [0.05, 0.1) is 29.4 Å². The molecule has 3 rings (SSSR count). The monoisotopic (exact) mass is 405 g/mol. The molecule has 2 heterocycles. The summed E-state index contributed by atoms with van der Waals surface area (Å²) in [7, 11) is -3.97. The van der Waals surface area contributed by atoms with Crippen LogP contribution < -0.4 is 4.74 Å². The highest BCUT2D eigenvalue weighted by Crippen LogP contribution is 2.30. The number of ether oxygens (including phenoxy) is 1. The van der Waals surface area contributed by atoms with Crippen molar-refractivity contribution in [2.45, 2.75) is 30.0 Å². The smallest absolute Gasteiger partial charge is 0.416 e. The van der Waals surface area contributed by atoms with Gasteiger partial charge in [-0.3, -0.25) is 0 Å². The predicted octanol–water partition coefficient (Wildman–Crippen LogP) is 2.87. The Kier molecular flexibility index (Phi) is 5.33. The van der Waals surface area contributed by atoms with Crippen LogP contribution in [0, 0.1) is 5.82 Å². The number of aromatic nitrogens is 2. The number of hydrogen-bond donors (Lipinski definition) is 0. The summed E-state index contributed by atoms with van der Waals surface area (Å²) in [6, 6.07) is 3.27. The summed E-state index contributed by atoms with van der Waals surface area (Å²) in [5.41, 5.74) is -0.922. The van der Waals surface area contributed by atoms with Crippen LogP contribution in [-0.2, 0) is 16.2 Å². The summed E-state index contributed by atoms with van der Waals surface area (Å²) in [4.78, 5) is 7.11. The molecule has 0 aliphatic carbocycles. The van der Waals surface area contributed by atoms with E-state index >= 15 is 0 Å². The van der Waals surface area contributed by atoms with Gasteiger partial charge in [-0.05, 0) is 37.1 Å². The Morgan fingerprint density at radius 3 is 2.33 bits per heavy atom. The molecule has 1 aromatic carbocycles. The largest absolute Gasteiger partial charge is 0.459 e. The third kappa shape index (κ3) is 4.53. The van der Waals surface area contributed by atoms with Gasteiger partial charge in [0, 0.05) is 6.54 Å². The van der Waals surface area contributed by atoms with Crippen molar-refractivity contribution >= 4 is 10.0 Å². The van der Waals surface area contributed by atoms with E-state index in [9.17, 15) is 26.0 Å². The highest BCUT2D eigenvalue weighted by atomic mass is 32.2. The summed E-state index contributed by atoms with van der Waals surface area (Å²) in [6.07, 6.45) is -2.19. The highest BCUT2D eigenvalue weighted by molar-refractivity contribution is 7.89. The fraction of sp³-hybridized carbons (Fsp3) is 0.375. The molecule has 0 N–H and O–H groups in total. The van der Waals surface area contributed by atoms with E-state index in [4.69, 9.17) is 4.74 Å². The number of hydrogen-bond acceptors (Lipinski definition) is 5. The molecule has 1 aliphatic rings. The first-order valence-corrected chi connectivity index (χ1v) is 9.42. The van der Waals surface area contributed by atoms with Gasteiger partial charge < -0.3 is 4.74 Å². The topological polar surface area (TPSA) is 72.4 Å². The number of sulfonamides is 1. The van der Waals surface area contributed by atoms with Gasteiger partial charge in [0.2, 0.25) is 10.0 Å². The first-order valence-electron chi connectivity index (χ1n) is 7.98. The van der Waals surface area contributed by atoms with Crippen LogP contribution in [-0.4, -0.2) is 41.9 Å². The summed E-state index contributed by atoms with van der Waals surface area (Å²) in [6.45, 7) is 0.206. The van der Waals surface area contributed by atoms with Gasteiger partial charge in [-0.25, -0.2) is 22.8 Å². The van der Waals surface area contributed by atoms with E-state index in [1.165, 1.54) is 0 Å². The lowest BCUT2D eigenvalue weighted by Gasteiger charge is -2.31. The third-order valence-electron chi connectivity index (χ3n) is 4.03. The Morgan fingerprint density at radius 2 is 1.74 bits per heavy atom. The normalized spacial score (nSPS) is 19.0. The predicted molar refractivity (Wildman–Crippen MR) is 85.8 cm³/mol. The van der Waals surface area contributed by atoms with Gasteiger partial charge in [-0.15, -0.1) is 0 Å². The molecule has 2 aromatic rings. The molecule has 1 fully saturated rings. The van der Waals surface area contributed by atoms with Crippen molar-refractivity contribution in [3.63, 3.8) is 0 Å². The number of benzene rings is 1. The van der Waals surface area contributed by atoms with Crippen LogP contribution in [0.25, 0.3) is 0 Å². The lowest BCUT2D eigenvalue weighted by Crippen LogP contribution is -2.44. The van der Waals surface area contributed by atoms with E-state index in [0.717, 1.165) is 41.0 Å². The maximum Gasteiger partial charge on any atom is 0.416 e. The average molecular weight is 405 g/mol. The standard InChI is InChI=1S/C16H15F4N3O3S/c17-12-8-21-15(22-9-12)26-13-2-1-7-23(10-13)27(24,25)14-5-3-11(4-6-14)16(18,19)20/h3-6,8-9,13H,1-2,7,10H2. The van der Waals surface area contributed by atoms with Crippen molar-refractivity contribution in [2.75, 3.05) is 13.1 Å². The van der Waals surface area contributed by atoms with E-state index < -0.39 is 33.7 Å². The van der Waals surface area contributed by atoms with Crippen LogP contribution in [0.2, 0.25) is 0 Å². The van der Waals surface area contributed by atoms with Crippen molar-refractivity contribution in [1.29, 1.82) is 0 Å². The molecular weight excluding hydrogens is 390 g/mol. The second-order valence-corrected chi connectivity index (χ2v) is 7.89. The number of rotatable bonds is 4. The Morgan fingerprint density at radius 1 is 1.11 bits per heavy atom. The first-order chi connectivity index (χ1) is 12.7. The molecule has 11 heteroatoms. The van der Waals surface area contributed by atoms with E-state index in [1.54, 1.807) is 0 Å². The SMILES string of the molecule is O=S(=O)(c1ccc(C(F)(F)F)cc1)N1CCCC(Oc2ncc(F)cn2)C1. The van der Waals surface area contributed by atoms with Crippen molar-refractivity contribution in [3.05, 3.63) is 48.0 Å². The lowest BCUT2D eigenvalue weighted by atomic mass is 10.1. The molecule has 27 heavy (non-hydrogen) atoms. The second-order valence-electron chi connectivity index (χ2n) is 5.95. The summed E-state index contributed by atoms with van der Waals surface area (Å²) < 4.78 is 82.8. The number of alkyl halides is 3. The fourth-order valence-electron chi connectivity index (χ4n) is 2.69. The molecule has 1 unspecified atom stereocenters. The van der Waals surface area contributed by atoms with Gasteiger partial charge in [-0.2, -0.15) is 17.5 Å².